The summed E-state index contributed by atoms with van der Waals surface area (Å²) >= 11 is 0. The number of likely N-dealkylation sites (tertiary alicyclic amines) is 1. The van der Waals surface area contributed by atoms with Crippen molar-refractivity contribution in [2.75, 3.05) is 26.2 Å². The smallest absolute Gasteiger partial charge is 0.125 e. The van der Waals surface area contributed by atoms with Gasteiger partial charge in [-0.15, -0.1) is 0 Å². The van der Waals surface area contributed by atoms with Gasteiger partial charge >= 0.3 is 0 Å². The van der Waals surface area contributed by atoms with E-state index in [1.807, 2.05) is 32.0 Å². The zero-order valence-corrected chi connectivity index (χ0v) is 12.9. The minimum atomic E-state index is -0.414. The monoisotopic (exact) mass is 277 g/mol. The highest BCUT2D eigenvalue weighted by molar-refractivity contribution is 5.39. The minimum Gasteiger partial charge on any atom is -0.490 e. The van der Waals surface area contributed by atoms with Gasteiger partial charge in [-0.2, -0.15) is 0 Å². The van der Waals surface area contributed by atoms with Gasteiger partial charge in [0.25, 0.3) is 0 Å². The van der Waals surface area contributed by atoms with Gasteiger partial charge in [-0.3, -0.25) is 0 Å². The van der Waals surface area contributed by atoms with Crippen LogP contribution < -0.4 is 4.74 Å². The number of aliphatic hydroxyl groups excluding tert-OH is 1. The number of hydrogen-bond acceptors (Lipinski definition) is 3. The summed E-state index contributed by atoms with van der Waals surface area (Å²) in [6, 6.07) is 6.12. The van der Waals surface area contributed by atoms with E-state index in [0.717, 1.165) is 42.4 Å². The summed E-state index contributed by atoms with van der Waals surface area (Å²) in [5.41, 5.74) is 2.26. The first-order valence-electron chi connectivity index (χ1n) is 7.65. The number of piperidine rings is 1. The molecule has 1 N–H and O–H groups in total. The van der Waals surface area contributed by atoms with Gasteiger partial charge in [0, 0.05) is 6.54 Å². The highest BCUT2D eigenvalue weighted by Gasteiger charge is 2.18. The summed E-state index contributed by atoms with van der Waals surface area (Å²) < 4.78 is 5.82. The van der Waals surface area contributed by atoms with Crippen molar-refractivity contribution in [3.05, 3.63) is 29.3 Å². The Morgan fingerprint density at radius 2 is 1.85 bits per heavy atom. The molecule has 1 aromatic carbocycles. The van der Waals surface area contributed by atoms with Gasteiger partial charge in [0.1, 0.15) is 18.5 Å². The first-order chi connectivity index (χ1) is 9.56. The predicted octanol–water partition coefficient (Wildman–Crippen LogP) is 2.78. The fraction of sp³-hybridized carbons (Fsp3) is 0.647. The molecular formula is C17H27NO2. The van der Waals surface area contributed by atoms with Crippen molar-refractivity contribution < 1.29 is 9.84 Å². The molecule has 1 aromatic rings. The molecule has 0 aliphatic carbocycles. The van der Waals surface area contributed by atoms with Crippen LogP contribution >= 0.6 is 0 Å². The van der Waals surface area contributed by atoms with E-state index >= 15 is 0 Å². The van der Waals surface area contributed by atoms with E-state index in [1.165, 1.54) is 12.8 Å². The van der Waals surface area contributed by atoms with Crippen LogP contribution in [0.25, 0.3) is 0 Å². The van der Waals surface area contributed by atoms with E-state index in [-0.39, 0.29) is 0 Å². The average molecular weight is 277 g/mol. The Bertz CT molecular complexity index is 405. The quantitative estimate of drug-likeness (QED) is 0.898. The Morgan fingerprint density at radius 1 is 1.25 bits per heavy atom. The lowest BCUT2D eigenvalue weighted by Gasteiger charge is -2.31. The molecule has 20 heavy (non-hydrogen) atoms. The Morgan fingerprint density at radius 3 is 2.45 bits per heavy atom. The van der Waals surface area contributed by atoms with Crippen LogP contribution in [0.4, 0.5) is 0 Å². The van der Waals surface area contributed by atoms with Crippen LogP contribution in [0.1, 0.15) is 30.9 Å². The molecule has 1 atom stereocenters. The molecule has 0 spiro atoms. The number of para-hydroxylation sites is 1. The van der Waals surface area contributed by atoms with Crippen LogP contribution in [0.3, 0.4) is 0 Å². The summed E-state index contributed by atoms with van der Waals surface area (Å²) in [4.78, 5) is 2.35. The molecule has 1 saturated heterocycles. The van der Waals surface area contributed by atoms with Crippen molar-refractivity contribution in [3.63, 3.8) is 0 Å². The Balaban J connectivity index is 1.79. The number of β-amino-alcohol motifs (C(OH)–C–C–N with tert-alkyl or cyclic N) is 1. The maximum atomic E-state index is 10.1. The van der Waals surface area contributed by atoms with Crippen LogP contribution in [0, 0.1) is 19.8 Å². The molecule has 1 fully saturated rings. The second-order valence-electron chi connectivity index (χ2n) is 6.17. The second-order valence-corrected chi connectivity index (χ2v) is 6.17. The van der Waals surface area contributed by atoms with Crippen LogP contribution in [-0.2, 0) is 0 Å². The van der Waals surface area contributed by atoms with E-state index in [2.05, 4.69) is 11.8 Å². The van der Waals surface area contributed by atoms with Crippen LogP contribution in [-0.4, -0.2) is 42.4 Å². The molecule has 0 radical (unpaired) electrons. The van der Waals surface area contributed by atoms with Crippen molar-refractivity contribution in [2.24, 2.45) is 5.92 Å². The summed E-state index contributed by atoms with van der Waals surface area (Å²) in [6.07, 6.45) is 2.07. The zero-order chi connectivity index (χ0) is 14.5. The van der Waals surface area contributed by atoms with E-state index in [0.29, 0.717) is 6.61 Å². The lowest BCUT2D eigenvalue weighted by atomic mass is 9.99. The van der Waals surface area contributed by atoms with E-state index in [9.17, 15) is 5.11 Å². The fourth-order valence-corrected chi connectivity index (χ4v) is 2.80. The second kappa shape index (κ2) is 7.09. The summed E-state index contributed by atoms with van der Waals surface area (Å²) in [6.45, 7) is 9.68. The van der Waals surface area contributed by atoms with Gasteiger partial charge < -0.3 is 14.7 Å². The number of hydrogen-bond donors (Lipinski definition) is 1. The maximum absolute atomic E-state index is 10.1. The van der Waals surface area contributed by atoms with Crippen LogP contribution in [0.5, 0.6) is 5.75 Å². The molecule has 1 aliphatic rings. The number of ether oxygens (including phenoxy) is 1. The number of rotatable bonds is 5. The third-order valence-corrected chi connectivity index (χ3v) is 4.17. The minimum absolute atomic E-state index is 0.373. The van der Waals surface area contributed by atoms with Gasteiger partial charge in [0.05, 0.1) is 0 Å². The number of nitrogens with zero attached hydrogens (tertiary/aromatic N) is 1. The first kappa shape index (κ1) is 15.3. The third-order valence-electron chi connectivity index (χ3n) is 4.17. The number of aliphatic hydroxyl groups is 1. The molecule has 3 heteroatoms. The SMILES string of the molecule is Cc1cccc(C)c1OCC(O)CN1CCC(C)CC1. The molecule has 1 aliphatic heterocycles. The van der Waals surface area contributed by atoms with E-state index in [1.54, 1.807) is 0 Å². The van der Waals surface area contributed by atoms with Gasteiger partial charge in [-0.05, 0) is 56.8 Å². The standard InChI is InChI=1S/C17H27NO2/c1-13-7-9-18(10-8-13)11-16(19)12-20-17-14(2)5-4-6-15(17)3/h4-6,13,16,19H,7-12H2,1-3H3. The Labute approximate surface area is 122 Å². The van der Waals surface area contributed by atoms with Crippen molar-refractivity contribution in [1.82, 2.24) is 4.90 Å². The van der Waals surface area contributed by atoms with Gasteiger partial charge in [-0.1, -0.05) is 25.1 Å². The third kappa shape index (κ3) is 4.22. The lowest BCUT2D eigenvalue weighted by Crippen LogP contribution is -2.40. The van der Waals surface area contributed by atoms with Crippen molar-refractivity contribution in [3.8, 4) is 5.75 Å². The fourth-order valence-electron chi connectivity index (χ4n) is 2.80. The molecule has 112 valence electrons. The molecule has 0 saturated carbocycles. The van der Waals surface area contributed by atoms with Gasteiger partial charge in [-0.25, -0.2) is 0 Å². The van der Waals surface area contributed by atoms with Gasteiger partial charge in [0.15, 0.2) is 0 Å². The predicted molar refractivity (Wildman–Crippen MR) is 82.3 cm³/mol. The van der Waals surface area contributed by atoms with Crippen molar-refractivity contribution in [1.29, 1.82) is 0 Å². The Kier molecular flexibility index (Phi) is 5.44. The van der Waals surface area contributed by atoms with Crippen molar-refractivity contribution >= 4 is 0 Å². The van der Waals surface area contributed by atoms with E-state index in [4.69, 9.17) is 4.74 Å². The normalized spacial score (nSPS) is 19.0. The topological polar surface area (TPSA) is 32.7 Å². The summed E-state index contributed by atoms with van der Waals surface area (Å²) in [5, 5.41) is 10.1. The van der Waals surface area contributed by atoms with Crippen LogP contribution in [0.2, 0.25) is 0 Å². The molecule has 0 amide bonds. The molecule has 1 unspecified atom stereocenters. The molecular weight excluding hydrogens is 250 g/mol. The Hall–Kier alpha value is -1.06. The highest BCUT2D eigenvalue weighted by Crippen LogP contribution is 2.22. The molecule has 1 heterocycles. The molecule has 2 rings (SSSR count). The summed E-state index contributed by atoms with van der Waals surface area (Å²) in [5.74, 6) is 1.74. The number of aryl methyl sites for hydroxylation is 2. The number of benzene rings is 1. The molecule has 0 bridgehead atoms. The highest BCUT2D eigenvalue weighted by atomic mass is 16.5. The lowest BCUT2D eigenvalue weighted by molar-refractivity contribution is 0.0559. The largest absolute Gasteiger partial charge is 0.490 e. The average Bonchev–Trinajstić information content (AvgIpc) is 2.41. The first-order valence-corrected chi connectivity index (χ1v) is 7.65. The van der Waals surface area contributed by atoms with E-state index < -0.39 is 6.10 Å². The van der Waals surface area contributed by atoms with Crippen LogP contribution in [0.15, 0.2) is 18.2 Å². The zero-order valence-electron chi connectivity index (χ0n) is 12.9. The maximum Gasteiger partial charge on any atom is 0.125 e. The molecule has 3 nitrogen and oxygen atoms in total. The van der Waals surface area contributed by atoms with Crippen molar-refractivity contribution in [2.45, 2.75) is 39.7 Å². The molecule has 0 aromatic heterocycles. The van der Waals surface area contributed by atoms with Gasteiger partial charge in [0.2, 0.25) is 0 Å². The summed E-state index contributed by atoms with van der Waals surface area (Å²) in [7, 11) is 0.